The van der Waals surface area contributed by atoms with Crippen LogP contribution in [0.2, 0.25) is 0 Å². The molecule has 1 amide bonds. The Balaban J connectivity index is 1.57. The lowest BCUT2D eigenvalue weighted by Crippen LogP contribution is -2.15. The third-order valence-electron chi connectivity index (χ3n) is 5.41. The SMILES string of the molecule is Cc1c(F)c(NC(C)C)c2[nH]ncc2c1-c1cn2cc(NC(=O)[C@H]3C[C@H]3F)nc2cn1. The number of nitrogens with zero attached hydrogens (tertiary/aromatic N) is 4. The van der Waals surface area contributed by atoms with Crippen LogP contribution in [-0.4, -0.2) is 42.7 Å². The fraction of sp³-hybridized carbons (Fsp3) is 0.333. The highest BCUT2D eigenvalue weighted by Gasteiger charge is 2.43. The second-order valence-corrected chi connectivity index (χ2v) is 8.16. The van der Waals surface area contributed by atoms with Crippen LogP contribution in [0.25, 0.3) is 27.8 Å². The highest BCUT2D eigenvalue weighted by Crippen LogP contribution is 2.38. The Labute approximate surface area is 176 Å². The van der Waals surface area contributed by atoms with Crippen molar-refractivity contribution in [3.05, 3.63) is 36.2 Å². The molecule has 0 spiro atoms. The van der Waals surface area contributed by atoms with Crippen LogP contribution in [0, 0.1) is 18.7 Å². The van der Waals surface area contributed by atoms with Gasteiger partial charge in [0.1, 0.15) is 6.17 Å². The van der Waals surface area contributed by atoms with Crippen molar-refractivity contribution in [2.24, 2.45) is 5.92 Å². The summed E-state index contributed by atoms with van der Waals surface area (Å²) in [5.74, 6) is -1.03. The summed E-state index contributed by atoms with van der Waals surface area (Å²) in [4.78, 5) is 20.8. The highest BCUT2D eigenvalue weighted by molar-refractivity contribution is 6.02. The van der Waals surface area contributed by atoms with E-state index in [1.54, 1.807) is 36.1 Å². The number of fused-ring (bicyclic) bond motifs is 2. The number of carbonyl (C=O) groups is 1. The normalized spacial score (nSPS) is 18.1. The molecular weight excluding hydrogens is 404 g/mol. The van der Waals surface area contributed by atoms with Crippen LogP contribution < -0.4 is 10.6 Å². The highest BCUT2D eigenvalue weighted by atomic mass is 19.1. The molecule has 0 bridgehead atoms. The first-order chi connectivity index (χ1) is 14.8. The van der Waals surface area contributed by atoms with E-state index < -0.39 is 12.1 Å². The van der Waals surface area contributed by atoms with Gasteiger partial charge in [0, 0.05) is 23.2 Å². The summed E-state index contributed by atoms with van der Waals surface area (Å²) in [5, 5.41) is 13.5. The van der Waals surface area contributed by atoms with E-state index >= 15 is 4.39 Å². The molecular formula is C21H21F2N7O. The second-order valence-electron chi connectivity index (χ2n) is 8.16. The maximum Gasteiger partial charge on any atom is 0.231 e. The number of rotatable bonds is 5. The zero-order chi connectivity index (χ0) is 21.9. The third kappa shape index (κ3) is 3.28. The molecule has 1 aliphatic carbocycles. The Morgan fingerprint density at radius 1 is 1.32 bits per heavy atom. The first-order valence-corrected chi connectivity index (χ1v) is 10.0. The Bertz CT molecular complexity index is 1330. The molecule has 10 heteroatoms. The minimum atomic E-state index is -1.08. The van der Waals surface area contributed by atoms with E-state index in [2.05, 4.69) is 30.8 Å². The quantitative estimate of drug-likeness (QED) is 0.451. The van der Waals surface area contributed by atoms with Crippen LogP contribution >= 0.6 is 0 Å². The van der Waals surface area contributed by atoms with E-state index in [1.165, 1.54) is 0 Å². The van der Waals surface area contributed by atoms with Crippen LogP contribution in [0.5, 0.6) is 0 Å². The van der Waals surface area contributed by atoms with Crippen molar-refractivity contribution < 1.29 is 13.6 Å². The van der Waals surface area contributed by atoms with Gasteiger partial charge in [-0.15, -0.1) is 0 Å². The lowest BCUT2D eigenvalue weighted by atomic mass is 9.99. The first-order valence-electron chi connectivity index (χ1n) is 10.0. The summed E-state index contributed by atoms with van der Waals surface area (Å²) in [6.07, 6.45) is 5.71. The minimum Gasteiger partial charge on any atom is -0.379 e. The molecule has 1 aliphatic rings. The summed E-state index contributed by atoms with van der Waals surface area (Å²) in [6, 6.07) is 0.0450. The fourth-order valence-corrected chi connectivity index (χ4v) is 3.77. The number of anilines is 2. The van der Waals surface area contributed by atoms with Crippen LogP contribution in [0.3, 0.4) is 0 Å². The van der Waals surface area contributed by atoms with Gasteiger partial charge in [0.2, 0.25) is 5.91 Å². The number of aromatic amines is 1. The van der Waals surface area contributed by atoms with Gasteiger partial charge >= 0.3 is 0 Å². The fourth-order valence-electron chi connectivity index (χ4n) is 3.77. The molecule has 0 unspecified atom stereocenters. The zero-order valence-corrected chi connectivity index (χ0v) is 17.2. The molecule has 4 aromatic rings. The van der Waals surface area contributed by atoms with Gasteiger partial charge in [0.25, 0.3) is 0 Å². The number of alkyl halides is 1. The monoisotopic (exact) mass is 425 g/mol. The number of amides is 1. The molecule has 1 aromatic carbocycles. The second kappa shape index (κ2) is 7.00. The van der Waals surface area contributed by atoms with Gasteiger partial charge in [-0.1, -0.05) is 0 Å². The van der Waals surface area contributed by atoms with Gasteiger partial charge in [-0.05, 0) is 32.8 Å². The molecule has 8 nitrogen and oxygen atoms in total. The molecule has 0 aliphatic heterocycles. The van der Waals surface area contributed by atoms with Crippen molar-refractivity contribution in [3.63, 3.8) is 0 Å². The van der Waals surface area contributed by atoms with Crippen molar-refractivity contribution in [2.45, 2.75) is 39.4 Å². The van der Waals surface area contributed by atoms with Crippen molar-refractivity contribution in [2.75, 3.05) is 10.6 Å². The van der Waals surface area contributed by atoms with E-state index in [4.69, 9.17) is 0 Å². The van der Waals surface area contributed by atoms with Gasteiger partial charge in [-0.3, -0.25) is 14.9 Å². The van der Waals surface area contributed by atoms with Crippen molar-refractivity contribution >= 4 is 34.0 Å². The number of imidazole rings is 1. The average Bonchev–Trinajstić information content (AvgIpc) is 3.11. The van der Waals surface area contributed by atoms with Crippen LogP contribution in [0.4, 0.5) is 20.3 Å². The van der Waals surface area contributed by atoms with Crippen molar-refractivity contribution in [1.82, 2.24) is 24.6 Å². The van der Waals surface area contributed by atoms with E-state index in [1.807, 2.05) is 13.8 Å². The Morgan fingerprint density at radius 2 is 2.10 bits per heavy atom. The number of H-pyrrole nitrogens is 1. The molecule has 160 valence electrons. The van der Waals surface area contributed by atoms with E-state index in [0.717, 1.165) is 5.39 Å². The molecule has 3 heterocycles. The van der Waals surface area contributed by atoms with E-state index in [0.29, 0.717) is 39.5 Å². The van der Waals surface area contributed by atoms with Crippen LogP contribution in [-0.2, 0) is 4.79 Å². The van der Waals surface area contributed by atoms with Gasteiger partial charge < -0.3 is 15.0 Å². The average molecular weight is 425 g/mol. The number of hydrogen-bond donors (Lipinski definition) is 3. The molecule has 2 atom stereocenters. The Kier molecular flexibility index (Phi) is 4.38. The molecule has 3 aromatic heterocycles. The summed E-state index contributed by atoms with van der Waals surface area (Å²) in [6.45, 7) is 5.58. The van der Waals surface area contributed by atoms with Crippen molar-refractivity contribution in [1.29, 1.82) is 0 Å². The Hall–Kier alpha value is -3.56. The number of carbonyl (C=O) groups excluding carboxylic acids is 1. The maximum absolute atomic E-state index is 15.3. The smallest absolute Gasteiger partial charge is 0.231 e. The van der Waals surface area contributed by atoms with E-state index in [9.17, 15) is 9.18 Å². The number of hydrogen-bond acceptors (Lipinski definition) is 5. The topological polar surface area (TPSA) is 100 Å². The number of aromatic nitrogens is 5. The van der Waals surface area contributed by atoms with Gasteiger partial charge in [0.15, 0.2) is 17.3 Å². The molecule has 31 heavy (non-hydrogen) atoms. The standard InChI is InChI=1S/C21H21F2N7O/c1-9(2)26-20-18(23)10(3)17(12-5-25-29-19(12)20)14-7-30-8-15(27-16(30)6-24-14)28-21(31)11-4-13(11)22/h5-9,11,13,26H,4H2,1-3H3,(H,25,29)(H,28,31)/t11-,13+/m0/s1. The van der Waals surface area contributed by atoms with Crippen LogP contribution in [0.15, 0.2) is 24.8 Å². The minimum absolute atomic E-state index is 0.0450. The molecule has 5 rings (SSSR count). The first kappa shape index (κ1) is 19.4. The number of benzene rings is 1. The third-order valence-corrected chi connectivity index (χ3v) is 5.41. The van der Waals surface area contributed by atoms with Crippen LogP contribution in [0.1, 0.15) is 25.8 Å². The number of halogens is 2. The summed E-state index contributed by atoms with van der Waals surface area (Å²) in [7, 11) is 0. The van der Waals surface area contributed by atoms with Gasteiger partial charge in [-0.25, -0.2) is 13.8 Å². The van der Waals surface area contributed by atoms with E-state index in [-0.39, 0.29) is 24.2 Å². The molecule has 1 fully saturated rings. The molecule has 1 saturated carbocycles. The summed E-state index contributed by atoms with van der Waals surface area (Å²) >= 11 is 0. The Morgan fingerprint density at radius 3 is 2.81 bits per heavy atom. The lowest BCUT2D eigenvalue weighted by molar-refractivity contribution is -0.117. The van der Waals surface area contributed by atoms with Gasteiger partial charge in [0.05, 0.1) is 41.4 Å². The number of nitrogens with one attached hydrogen (secondary N) is 3. The van der Waals surface area contributed by atoms with Gasteiger partial charge in [-0.2, -0.15) is 5.10 Å². The lowest BCUT2D eigenvalue weighted by Gasteiger charge is -2.16. The molecule has 3 N–H and O–H groups in total. The molecule has 0 saturated heterocycles. The zero-order valence-electron chi connectivity index (χ0n) is 17.2. The summed E-state index contributed by atoms with van der Waals surface area (Å²) in [5.41, 5.74) is 3.05. The summed E-state index contributed by atoms with van der Waals surface area (Å²) < 4.78 is 30.1. The predicted molar refractivity (Wildman–Crippen MR) is 113 cm³/mol. The molecule has 0 radical (unpaired) electrons. The maximum atomic E-state index is 15.3. The largest absolute Gasteiger partial charge is 0.379 e. The predicted octanol–water partition coefficient (Wildman–Crippen LogP) is 3.84. The van der Waals surface area contributed by atoms with Crippen molar-refractivity contribution in [3.8, 4) is 11.3 Å².